The molecule has 0 bridgehead atoms. The number of imidazole rings is 1. The molecule has 0 unspecified atom stereocenters. The van der Waals surface area contributed by atoms with E-state index in [-0.39, 0.29) is 24.6 Å². The third-order valence-corrected chi connectivity index (χ3v) is 3.93. The van der Waals surface area contributed by atoms with Gasteiger partial charge in [0.2, 0.25) is 5.91 Å². The lowest BCUT2D eigenvalue weighted by atomic mass is 10.2. The minimum absolute atomic E-state index is 0.103. The SMILES string of the molecule is CS(=O)(=O)CCC(=O)NCc1ccc(-n2ccnc2)c(F)c1. The molecule has 22 heavy (non-hydrogen) atoms. The van der Waals surface area contributed by atoms with Gasteiger partial charge in [-0.25, -0.2) is 17.8 Å². The Hall–Kier alpha value is -2.22. The van der Waals surface area contributed by atoms with E-state index in [2.05, 4.69) is 10.3 Å². The smallest absolute Gasteiger partial charge is 0.221 e. The highest BCUT2D eigenvalue weighted by Crippen LogP contribution is 2.14. The molecule has 0 aliphatic rings. The monoisotopic (exact) mass is 325 g/mol. The molecule has 0 fully saturated rings. The van der Waals surface area contributed by atoms with Crippen LogP contribution in [0, 0.1) is 5.82 Å². The van der Waals surface area contributed by atoms with E-state index in [0.29, 0.717) is 11.3 Å². The van der Waals surface area contributed by atoms with Gasteiger partial charge in [0, 0.05) is 31.6 Å². The number of halogens is 1. The number of aromatic nitrogens is 2. The fourth-order valence-corrected chi connectivity index (χ4v) is 2.39. The molecule has 0 aliphatic heterocycles. The van der Waals surface area contributed by atoms with Gasteiger partial charge in [0.1, 0.15) is 15.7 Å². The summed E-state index contributed by atoms with van der Waals surface area (Å²) in [7, 11) is -3.17. The van der Waals surface area contributed by atoms with Crippen LogP contribution >= 0.6 is 0 Å². The number of nitrogens with zero attached hydrogens (tertiary/aromatic N) is 2. The number of amides is 1. The molecular formula is C14H16FN3O3S. The van der Waals surface area contributed by atoms with Crippen molar-refractivity contribution in [1.29, 1.82) is 0 Å². The second-order valence-electron chi connectivity index (χ2n) is 4.91. The molecule has 1 amide bonds. The van der Waals surface area contributed by atoms with Crippen LogP contribution in [0.4, 0.5) is 4.39 Å². The van der Waals surface area contributed by atoms with Crippen LogP contribution in [0.1, 0.15) is 12.0 Å². The summed E-state index contributed by atoms with van der Waals surface area (Å²) in [6.45, 7) is 0.143. The first kappa shape index (κ1) is 16.2. The summed E-state index contributed by atoms with van der Waals surface area (Å²) in [4.78, 5) is 15.4. The second kappa shape index (κ2) is 6.69. The van der Waals surface area contributed by atoms with Crippen LogP contribution in [0.2, 0.25) is 0 Å². The Morgan fingerprint density at radius 1 is 1.41 bits per heavy atom. The van der Waals surface area contributed by atoms with Crippen LogP contribution in [0.5, 0.6) is 0 Å². The minimum atomic E-state index is -3.17. The van der Waals surface area contributed by atoms with Gasteiger partial charge in [0.05, 0.1) is 17.8 Å². The van der Waals surface area contributed by atoms with Crippen LogP contribution in [0.15, 0.2) is 36.9 Å². The van der Waals surface area contributed by atoms with Crippen molar-refractivity contribution < 1.29 is 17.6 Å². The molecule has 0 atom stereocenters. The van der Waals surface area contributed by atoms with Crippen LogP contribution in [0.25, 0.3) is 5.69 Å². The lowest BCUT2D eigenvalue weighted by Crippen LogP contribution is -2.25. The van der Waals surface area contributed by atoms with Crippen LogP contribution in [-0.4, -0.2) is 35.9 Å². The molecule has 1 aromatic carbocycles. The lowest BCUT2D eigenvalue weighted by Gasteiger charge is -2.08. The summed E-state index contributed by atoms with van der Waals surface area (Å²) in [5.41, 5.74) is 0.957. The highest BCUT2D eigenvalue weighted by molar-refractivity contribution is 7.90. The van der Waals surface area contributed by atoms with E-state index in [9.17, 15) is 17.6 Å². The number of hydrogen-bond acceptors (Lipinski definition) is 4. The third kappa shape index (κ3) is 4.66. The van der Waals surface area contributed by atoms with E-state index in [1.54, 1.807) is 29.1 Å². The zero-order chi connectivity index (χ0) is 16.2. The van der Waals surface area contributed by atoms with Crippen molar-refractivity contribution in [2.45, 2.75) is 13.0 Å². The first-order valence-electron chi connectivity index (χ1n) is 6.56. The third-order valence-electron chi connectivity index (χ3n) is 2.98. The summed E-state index contributed by atoms with van der Waals surface area (Å²) in [5.74, 6) is -1.02. The molecular weight excluding hydrogens is 309 g/mol. The van der Waals surface area contributed by atoms with Crippen molar-refractivity contribution in [3.8, 4) is 5.69 Å². The number of hydrogen-bond donors (Lipinski definition) is 1. The van der Waals surface area contributed by atoms with Gasteiger partial charge in [0.15, 0.2) is 0 Å². The molecule has 1 heterocycles. The summed E-state index contributed by atoms with van der Waals surface area (Å²) in [6.07, 6.45) is 5.64. The molecule has 0 saturated carbocycles. The van der Waals surface area contributed by atoms with Crippen molar-refractivity contribution >= 4 is 15.7 Å². The molecule has 0 radical (unpaired) electrons. The average Bonchev–Trinajstić information content (AvgIpc) is 2.96. The Morgan fingerprint density at radius 2 is 2.18 bits per heavy atom. The van der Waals surface area contributed by atoms with Crippen molar-refractivity contribution in [2.75, 3.05) is 12.0 Å². The fraction of sp³-hybridized carbons (Fsp3) is 0.286. The molecule has 6 nitrogen and oxygen atoms in total. The zero-order valence-electron chi connectivity index (χ0n) is 12.0. The number of sulfone groups is 1. The van der Waals surface area contributed by atoms with E-state index >= 15 is 0 Å². The topological polar surface area (TPSA) is 81.1 Å². The maximum absolute atomic E-state index is 14.0. The van der Waals surface area contributed by atoms with Gasteiger partial charge >= 0.3 is 0 Å². The van der Waals surface area contributed by atoms with Gasteiger partial charge in [-0.1, -0.05) is 6.07 Å². The molecule has 2 rings (SSSR count). The van der Waals surface area contributed by atoms with Gasteiger partial charge < -0.3 is 9.88 Å². The normalized spacial score (nSPS) is 11.4. The highest BCUT2D eigenvalue weighted by Gasteiger charge is 2.09. The molecule has 0 aliphatic carbocycles. The second-order valence-corrected chi connectivity index (χ2v) is 7.17. The van der Waals surface area contributed by atoms with E-state index in [0.717, 1.165) is 6.26 Å². The molecule has 1 aromatic heterocycles. The van der Waals surface area contributed by atoms with E-state index in [1.807, 2.05) is 0 Å². The Kier molecular flexibility index (Phi) is 4.92. The summed E-state index contributed by atoms with van der Waals surface area (Å²) < 4.78 is 37.5. The zero-order valence-corrected chi connectivity index (χ0v) is 12.8. The molecule has 0 saturated heterocycles. The first-order valence-corrected chi connectivity index (χ1v) is 8.62. The highest BCUT2D eigenvalue weighted by atomic mass is 32.2. The van der Waals surface area contributed by atoms with Crippen LogP contribution in [-0.2, 0) is 21.2 Å². The number of nitrogens with one attached hydrogen (secondary N) is 1. The Morgan fingerprint density at radius 3 is 2.77 bits per heavy atom. The van der Waals surface area contributed by atoms with Crippen LogP contribution < -0.4 is 5.32 Å². The van der Waals surface area contributed by atoms with Gasteiger partial charge in [-0.15, -0.1) is 0 Å². The van der Waals surface area contributed by atoms with E-state index < -0.39 is 15.7 Å². The molecule has 2 aromatic rings. The Labute approximate surface area is 127 Å². The maximum atomic E-state index is 14.0. The van der Waals surface area contributed by atoms with Crippen molar-refractivity contribution in [1.82, 2.24) is 14.9 Å². The number of rotatable bonds is 6. The number of benzene rings is 1. The lowest BCUT2D eigenvalue weighted by molar-refractivity contribution is -0.120. The first-order chi connectivity index (χ1) is 10.3. The quantitative estimate of drug-likeness (QED) is 0.861. The Balaban J connectivity index is 1.94. The molecule has 0 spiro atoms. The average molecular weight is 325 g/mol. The van der Waals surface area contributed by atoms with E-state index in [1.165, 1.54) is 12.4 Å². The van der Waals surface area contributed by atoms with Crippen molar-refractivity contribution in [3.05, 3.63) is 48.3 Å². The summed E-state index contributed by atoms with van der Waals surface area (Å²) in [5, 5.41) is 2.56. The predicted molar refractivity (Wildman–Crippen MR) is 79.7 cm³/mol. The predicted octanol–water partition coefficient (Wildman–Crippen LogP) is 1.06. The standard InChI is InChI=1S/C14H16FN3O3S/c1-22(20,21)7-4-14(19)17-9-11-2-3-13(12(15)8-11)18-6-5-16-10-18/h2-3,5-6,8,10H,4,7,9H2,1H3,(H,17,19). The summed E-state index contributed by atoms with van der Waals surface area (Å²) in [6, 6.07) is 4.61. The fourth-order valence-electron chi connectivity index (χ4n) is 1.84. The maximum Gasteiger partial charge on any atom is 0.221 e. The summed E-state index contributed by atoms with van der Waals surface area (Å²) >= 11 is 0. The molecule has 118 valence electrons. The van der Waals surface area contributed by atoms with Crippen molar-refractivity contribution in [2.24, 2.45) is 0 Å². The largest absolute Gasteiger partial charge is 0.352 e. The minimum Gasteiger partial charge on any atom is -0.352 e. The Bertz CT molecular complexity index is 758. The molecule has 1 N–H and O–H groups in total. The number of carbonyl (C=O) groups is 1. The molecule has 8 heteroatoms. The van der Waals surface area contributed by atoms with Gasteiger partial charge in [0.25, 0.3) is 0 Å². The van der Waals surface area contributed by atoms with Gasteiger partial charge in [-0.05, 0) is 17.7 Å². The van der Waals surface area contributed by atoms with Crippen LogP contribution in [0.3, 0.4) is 0 Å². The van der Waals surface area contributed by atoms with Gasteiger partial charge in [-0.3, -0.25) is 4.79 Å². The number of carbonyl (C=O) groups excluding carboxylic acids is 1. The van der Waals surface area contributed by atoms with Gasteiger partial charge in [-0.2, -0.15) is 0 Å². The van der Waals surface area contributed by atoms with E-state index in [4.69, 9.17) is 0 Å². The van der Waals surface area contributed by atoms with Crippen molar-refractivity contribution in [3.63, 3.8) is 0 Å².